The van der Waals surface area contributed by atoms with Gasteiger partial charge in [0.05, 0.1) is 0 Å². The Balaban J connectivity index is 2.64. The molecule has 0 radical (unpaired) electrons. The molecule has 0 aromatic heterocycles. The first-order valence-electron chi connectivity index (χ1n) is 7.81. The summed E-state index contributed by atoms with van der Waals surface area (Å²) in [7, 11) is 0. The second-order valence-electron chi connectivity index (χ2n) is 7.12. The second kappa shape index (κ2) is 7.66. The van der Waals surface area contributed by atoms with E-state index < -0.39 is 11.5 Å². The molecule has 2 N–H and O–H groups in total. The van der Waals surface area contributed by atoms with Crippen LogP contribution in [0.2, 0.25) is 0 Å². The molecule has 0 heterocycles. The minimum absolute atomic E-state index is 0.232. The Hall–Kier alpha value is -1.26. The van der Waals surface area contributed by atoms with Crippen molar-refractivity contribution in [2.45, 2.75) is 64.8 Å². The molecular weight excluding hydrogens is 268 g/mol. The minimum atomic E-state index is -0.809. The minimum Gasteiger partial charge on any atom is -0.480 e. The molecule has 1 saturated carbocycles. The van der Waals surface area contributed by atoms with E-state index in [1.807, 2.05) is 0 Å². The lowest BCUT2D eigenvalue weighted by molar-refractivity contribution is -0.145. The first kappa shape index (κ1) is 17.8. The Morgan fingerprint density at radius 1 is 1.43 bits per heavy atom. The molecule has 0 saturated heterocycles. The van der Waals surface area contributed by atoms with Crippen LogP contribution in [0.3, 0.4) is 0 Å². The van der Waals surface area contributed by atoms with E-state index in [9.17, 15) is 9.90 Å². The molecule has 1 aliphatic carbocycles. The molecule has 2 atom stereocenters. The summed E-state index contributed by atoms with van der Waals surface area (Å²) in [4.78, 5) is 14.5. The molecule has 1 fully saturated rings. The Morgan fingerprint density at radius 3 is 2.71 bits per heavy atom. The highest BCUT2D eigenvalue weighted by atomic mass is 16.4. The van der Waals surface area contributed by atoms with Crippen LogP contribution in [0.25, 0.3) is 10.4 Å². The van der Waals surface area contributed by atoms with Gasteiger partial charge in [-0.2, -0.15) is 0 Å². The number of nitrogens with zero attached hydrogens (tertiary/aromatic N) is 3. The van der Waals surface area contributed by atoms with Gasteiger partial charge >= 0.3 is 5.97 Å². The summed E-state index contributed by atoms with van der Waals surface area (Å²) in [5, 5.41) is 16.4. The summed E-state index contributed by atoms with van der Waals surface area (Å²) < 4.78 is 0. The fourth-order valence-electron chi connectivity index (χ4n) is 3.19. The van der Waals surface area contributed by atoms with E-state index in [1.54, 1.807) is 0 Å². The number of nitrogens with one attached hydrogen (secondary N) is 1. The van der Waals surface area contributed by atoms with E-state index in [1.165, 1.54) is 0 Å². The van der Waals surface area contributed by atoms with E-state index in [4.69, 9.17) is 5.53 Å². The van der Waals surface area contributed by atoms with Crippen LogP contribution in [0.4, 0.5) is 0 Å². The maximum Gasteiger partial charge on any atom is 0.323 e. The number of aliphatic carboxylic acids is 1. The number of hydrogen-bond acceptors (Lipinski definition) is 3. The highest BCUT2D eigenvalue weighted by molar-refractivity contribution is 5.78. The summed E-state index contributed by atoms with van der Waals surface area (Å²) in [5.41, 5.74) is 7.66. The maximum absolute atomic E-state index is 11.8. The smallest absolute Gasteiger partial charge is 0.323 e. The molecule has 120 valence electrons. The lowest BCUT2D eigenvalue weighted by atomic mass is 9.76. The number of carboxylic acids is 1. The molecule has 0 aromatic carbocycles. The van der Waals surface area contributed by atoms with Crippen molar-refractivity contribution in [2.75, 3.05) is 13.1 Å². The van der Waals surface area contributed by atoms with Crippen LogP contribution in [-0.2, 0) is 4.79 Å². The Kier molecular flexibility index (Phi) is 6.49. The quantitative estimate of drug-likeness (QED) is 0.257. The molecule has 6 nitrogen and oxygen atoms in total. The third-order valence-electron chi connectivity index (χ3n) is 4.67. The van der Waals surface area contributed by atoms with Gasteiger partial charge in [-0.25, -0.2) is 0 Å². The molecule has 1 aliphatic rings. The van der Waals surface area contributed by atoms with Crippen molar-refractivity contribution in [3.8, 4) is 0 Å². The van der Waals surface area contributed by atoms with Crippen LogP contribution >= 0.6 is 0 Å². The average Bonchev–Trinajstić information content (AvgIpc) is 2.61. The Morgan fingerprint density at radius 2 is 2.14 bits per heavy atom. The topological polar surface area (TPSA) is 98.1 Å². The monoisotopic (exact) mass is 296 g/mol. The Bertz CT molecular complexity index is 399. The van der Waals surface area contributed by atoms with E-state index >= 15 is 0 Å². The van der Waals surface area contributed by atoms with E-state index in [2.05, 4.69) is 36.1 Å². The summed E-state index contributed by atoms with van der Waals surface area (Å²) in [6, 6.07) is 0. The van der Waals surface area contributed by atoms with E-state index in [0.717, 1.165) is 19.3 Å². The summed E-state index contributed by atoms with van der Waals surface area (Å²) in [5.74, 6) is -0.176. The first-order valence-corrected chi connectivity index (χ1v) is 7.81. The molecule has 2 unspecified atom stereocenters. The van der Waals surface area contributed by atoms with Gasteiger partial charge in [-0.3, -0.25) is 4.79 Å². The van der Waals surface area contributed by atoms with Crippen molar-refractivity contribution in [1.29, 1.82) is 0 Å². The fourth-order valence-corrected chi connectivity index (χ4v) is 3.19. The fraction of sp³-hybridized carbons (Fsp3) is 0.933. The molecule has 0 aliphatic heterocycles. The predicted octanol–water partition coefficient (Wildman–Crippen LogP) is 3.73. The van der Waals surface area contributed by atoms with Gasteiger partial charge in [0.15, 0.2) is 0 Å². The SMILES string of the molecule is CC(C)(C)C1CCCC(NCCCN=[N+]=[N-])(C(=O)O)CC1. The molecule has 0 bridgehead atoms. The van der Waals surface area contributed by atoms with Crippen LogP contribution in [0.15, 0.2) is 5.11 Å². The van der Waals surface area contributed by atoms with Crippen LogP contribution in [0, 0.1) is 11.3 Å². The van der Waals surface area contributed by atoms with Crippen LogP contribution in [0.5, 0.6) is 0 Å². The van der Waals surface area contributed by atoms with Crippen LogP contribution in [0.1, 0.15) is 59.3 Å². The second-order valence-corrected chi connectivity index (χ2v) is 7.12. The summed E-state index contributed by atoms with van der Waals surface area (Å²) >= 11 is 0. The maximum atomic E-state index is 11.8. The number of rotatable bonds is 6. The van der Waals surface area contributed by atoms with Crippen molar-refractivity contribution in [3.63, 3.8) is 0 Å². The van der Waals surface area contributed by atoms with Gasteiger partial charge in [0.25, 0.3) is 0 Å². The molecule has 0 spiro atoms. The average molecular weight is 296 g/mol. The van der Waals surface area contributed by atoms with Gasteiger partial charge in [-0.05, 0) is 55.5 Å². The zero-order chi connectivity index (χ0) is 15.9. The number of carbonyl (C=O) groups is 1. The van der Waals surface area contributed by atoms with Gasteiger partial charge in [-0.1, -0.05) is 32.3 Å². The zero-order valence-corrected chi connectivity index (χ0v) is 13.4. The highest BCUT2D eigenvalue weighted by Gasteiger charge is 2.41. The van der Waals surface area contributed by atoms with Gasteiger partial charge < -0.3 is 10.4 Å². The van der Waals surface area contributed by atoms with Crippen molar-refractivity contribution in [3.05, 3.63) is 10.4 Å². The van der Waals surface area contributed by atoms with E-state index in [0.29, 0.717) is 38.3 Å². The molecule has 0 aromatic rings. The lowest BCUT2D eigenvalue weighted by Crippen LogP contribution is -2.52. The molecular formula is C15H28N4O2. The Labute approximate surface area is 126 Å². The number of carboxylic acid groups (broad SMARTS) is 1. The molecule has 21 heavy (non-hydrogen) atoms. The van der Waals surface area contributed by atoms with Crippen molar-refractivity contribution in [1.82, 2.24) is 5.32 Å². The first-order chi connectivity index (χ1) is 9.82. The van der Waals surface area contributed by atoms with Crippen LogP contribution in [-0.4, -0.2) is 29.7 Å². The third-order valence-corrected chi connectivity index (χ3v) is 4.67. The van der Waals surface area contributed by atoms with Crippen molar-refractivity contribution in [2.24, 2.45) is 16.4 Å². The van der Waals surface area contributed by atoms with Crippen molar-refractivity contribution >= 4 is 5.97 Å². The number of azide groups is 1. The third kappa shape index (κ3) is 5.21. The number of hydrogen-bond donors (Lipinski definition) is 2. The zero-order valence-electron chi connectivity index (χ0n) is 13.4. The summed E-state index contributed by atoms with van der Waals surface area (Å²) in [6.45, 7) is 7.69. The van der Waals surface area contributed by atoms with Gasteiger partial charge in [0.2, 0.25) is 0 Å². The van der Waals surface area contributed by atoms with E-state index in [-0.39, 0.29) is 5.41 Å². The lowest BCUT2D eigenvalue weighted by Gasteiger charge is -2.32. The normalized spacial score (nSPS) is 26.7. The van der Waals surface area contributed by atoms with Crippen molar-refractivity contribution < 1.29 is 9.90 Å². The van der Waals surface area contributed by atoms with Gasteiger partial charge in [0.1, 0.15) is 5.54 Å². The van der Waals surface area contributed by atoms with Crippen LogP contribution < -0.4 is 5.32 Å². The highest BCUT2D eigenvalue weighted by Crippen LogP contribution is 2.39. The molecule has 6 heteroatoms. The van der Waals surface area contributed by atoms with Gasteiger partial charge in [0, 0.05) is 11.5 Å². The molecule has 0 amide bonds. The predicted molar refractivity (Wildman–Crippen MR) is 83.0 cm³/mol. The summed E-state index contributed by atoms with van der Waals surface area (Å²) in [6.07, 6.45) is 5.00. The largest absolute Gasteiger partial charge is 0.480 e. The van der Waals surface area contributed by atoms with Gasteiger partial charge in [-0.15, -0.1) is 0 Å². The molecule has 1 rings (SSSR count). The standard InChI is InChI=1S/C15H28N4O2/c1-14(2,3)12-6-4-8-15(9-7-12,13(20)21)17-10-5-11-18-19-16/h12,17H,4-11H2,1-3H3,(H,20,21).